The predicted molar refractivity (Wildman–Crippen MR) is 140 cm³/mol. The van der Waals surface area contributed by atoms with Gasteiger partial charge in [0.1, 0.15) is 24.2 Å². The Bertz CT molecular complexity index is 1100. The molecule has 5 atom stereocenters. The minimum atomic E-state index is -1.13. The monoisotopic (exact) mass is 510 g/mol. The number of aliphatic hydroxyl groups is 1. The molecule has 1 spiro atoms. The van der Waals surface area contributed by atoms with E-state index in [0.29, 0.717) is 25.7 Å². The van der Waals surface area contributed by atoms with Gasteiger partial charge in [-0.05, 0) is 63.6 Å². The van der Waals surface area contributed by atoms with E-state index in [2.05, 4.69) is 13.2 Å². The van der Waals surface area contributed by atoms with E-state index in [9.17, 15) is 19.5 Å². The van der Waals surface area contributed by atoms with Crippen LogP contribution in [0.5, 0.6) is 0 Å². The lowest BCUT2D eigenvalue weighted by Crippen LogP contribution is -2.56. The van der Waals surface area contributed by atoms with E-state index in [1.165, 1.54) is 6.08 Å². The van der Waals surface area contributed by atoms with Gasteiger partial charge in [0.15, 0.2) is 0 Å². The summed E-state index contributed by atoms with van der Waals surface area (Å²) in [4.78, 5) is 45.0. The Hall–Kier alpha value is -2.97. The second-order valence-corrected chi connectivity index (χ2v) is 10.6. The van der Waals surface area contributed by atoms with Gasteiger partial charge in [0, 0.05) is 25.4 Å². The van der Waals surface area contributed by atoms with Crippen LogP contribution in [0.25, 0.3) is 0 Å². The fraction of sp³-hybridized carbons (Fsp3) is 0.552. The second kappa shape index (κ2) is 10.4. The third-order valence-corrected chi connectivity index (χ3v) is 8.15. The molecule has 4 rings (SSSR count). The zero-order chi connectivity index (χ0) is 27.0. The fourth-order valence-corrected chi connectivity index (χ4v) is 6.52. The van der Waals surface area contributed by atoms with Gasteiger partial charge >= 0.3 is 5.97 Å². The average molecular weight is 511 g/mol. The van der Waals surface area contributed by atoms with E-state index < -0.39 is 35.0 Å². The van der Waals surface area contributed by atoms with Crippen LogP contribution in [0, 0.1) is 25.7 Å². The molecule has 8 heteroatoms. The third kappa shape index (κ3) is 4.40. The maximum absolute atomic E-state index is 14.5. The van der Waals surface area contributed by atoms with Gasteiger partial charge in [0.05, 0.1) is 11.5 Å². The van der Waals surface area contributed by atoms with Crippen LogP contribution in [0.4, 0.5) is 5.69 Å². The Balaban J connectivity index is 1.79. The SMILES string of the molecule is C=CCOC(=O)[C@H]1[C@H]2C(=O)N(CCCCO)C(C(=O)N(CC=C)c3cc(C)ccc3C)C23CC[C@]1(C)O3. The molecule has 1 aromatic carbocycles. The number of likely N-dealkylation sites (tertiary alicyclic amines) is 1. The van der Waals surface area contributed by atoms with E-state index in [4.69, 9.17) is 9.47 Å². The van der Waals surface area contributed by atoms with Crippen LogP contribution >= 0.6 is 0 Å². The highest BCUT2D eigenvalue weighted by Crippen LogP contribution is 2.63. The number of anilines is 1. The number of carbonyl (C=O) groups excluding carboxylic acids is 3. The number of aliphatic hydroxyl groups excluding tert-OH is 1. The molecule has 1 aromatic rings. The van der Waals surface area contributed by atoms with Gasteiger partial charge in [0.2, 0.25) is 5.91 Å². The Labute approximate surface area is 218 Å². The van der Waals surface area contributed by atoms with Gasteiger partial charge < -0.3 is 24.4 Å². The summed E-state index contributed by atoms with van der Waals surface area (Å²) in [5.41, 5.74) is 0.679. The smallest absolute Gasteiger partial charge is 0.313 e. The van der Waals surface area contributed by atoms with Crippen molar-refractivity contribution in [1.82, 2.24) is 4.90 Å². The van der Waals surface area contributed by atoms with Crippen LogP contribution < -0.4 is 4.90 Å². The van der Waals surface area contributed by atoms with Crippen LogP contribution in [0.2, 0.25) is 0 Å². The summed E-state index contributed by atoms with van der Waals surface area (Å²) in [6, 6.07) is 5.02. The molecular formula is C29H38N2O6. The summed E-state index contributed by atoms with van der Waals surface area (Å²) in [5.74, 6) is -2.63. The minimum Gasteiger partial charge on any atom is -0.461 e. The topological polar surface area (TPSA) is 96.4 Å². The van der Waals surface area contributed by atoms with Crippen molar-refractivity contribution in [2.45, 2.75) is 63.7 Å². The summed E-state index contributed by atoms with van der Waals surface area (Å²) in [6.07, 6.45) is 5.23. The normalized spacial score (nSPS) is 29.8. The van der Waals surface area contributed by atoms with Crippen molar-refractivity contribution in [3.8, 4) is 0 Å². The molecule has 3 fully saturated rings. The molecule has 3 heterocycles. The Kier molecular flexibility index (Phi) is 7.62. The molecule has 2 bridgehead atoms. The number of hydrogen-bond donors (Lipinski definition) is 1. The van der Waals surface area contributed by atoms with E-state index in [1.807, 2.05) is 39.0 Å². The Morgan fingerprint density at radius 2 is 2.00 bits per heavy atom. The molecule has 0 radical (unpaired) electrons. The highest BCUT2D eigenvalue weighted by Gasteiger charge is 2.78. The van der Waals surface area contributed by atoms with Crippen molar-refractivity contribution in [2.75, 3.05) is 31.2 Å². The van der Waals surface area contributed by atoms with E-state index in [0.717, 1.165) is 16.8 Å². The van der Waals surface area contributed by atoms with Crippen molar-refractivity contribution in [3.63, 3.8) is 0 Å². The number of ether oxygens (including phenoxy) is 2. The van der Waals surface area contributed by atoms with Crippen LogP contribution in [0.3, 0.4) is 0 Å². The first-order valence-electron chi connectivity index (χ1n) is 13.0. The first kappa shape index (κ1) is 27.1. The van der Waals surface area contributed by atoms with E-state index >= 15 is 0 Å². The fourth-order valence-electron chi connectivity index (χ4n) is 6.52. The summed E-state index contributed by atoms with van der Waals surface area (Å²) in [5, 5.41) is 9.36. The Morgan fingerprint density at radius 1 is 1.24 bits per heavy atom. The lowest BCUT2D eigenvalue weighted by molar-refractivity contribution is -0.158. The molecule has 3 aliphatic heterocycles. The standard InChI is InChI=1S/C29H38N2O6/c1-6-14-30(21-18-19(3)10-11-20(21)4)26(34)24-29-13-12-28(5,37-29)23(27(35)36-17-7-2)22(29)25(33)31(24)15-8-9-16-32/h6-7,10-11,18,22-24,32H,1-2,8-9,12-17H2,3-5H3/t22-,23+,24?,28-,29?/m0/s1. The maximum atomic E-state index is 14.5. The van der Waals surface area contributed by atoms with Crippen molar-refractivity contribution < 1.29 is 29.0 Å². The van der Waals surface area contributed by atoms with Crippen LogP contribution in [0.15, 0.2) is 43.5 Å². The lowest BCUT2D eigenvalue weighted by Gasteiger charge is -2.37. The van der Waals surface area contributed by atoms with Crippen LogP contribution in [-0.4, -0.2) is 71.3 Å². The summed E-state index contributed by atoms with van der Waals surface area (Å²) in [6.45, 7) is 13.8. The molecule has 0 aromatic heterocycles. The molecule has 37 heavy (non-hydrogen) atoms. The number of amides is 2. The third-order valence-electron chi connectivity index (χ3n) is 8.15. The van der Waals surface area contributed by atoms with Gasteiger partial charge in [-0.3, -0.25) is 14.4 Å². The highest BCUT2D eigenvalue weighted by molar-refractivity contribution is 6.05. The molecule has 3 aliphatic rings. The van der Waals surface area contributed by atoms with Gasteiger partial charge in [0.25, 0.3) is 5.91 Å². The average Bonchev–Trinajstić information content (AvgIpc) is 3.43. The molecule has 2 amide bonds. The highest BCUT2D eigenvalue weighted by atomic mass is 16.6. The number of esters is 1. The molecule has 1 N–H and O–H groups in total. The van der Waals surface area contributed by atoms with Gasteiger partial charge in [-0.15, -0.1) is 6.58 Å². The van der Waals surface area contributed by atoms with Crippen LogP contribution in [0.1, 0.15) is 43.7 Å². The number of benzene rings is 1. The number of fused-ring (bicyclic) bond motifs is 1. The largest absolute Gasteiger partial charge is 0.461 e. The molecule has 8 nitrogen and oxygen atoms in total. The number of carbonyl (C=O) groups is 3. The Morgan fingerprint density at radius 3 is 2.68 bits per heavy atom. The van der Waals surface area contributed by atoms with Gasteiger partial charge in [-0.2, -0.15) is 0 Å². The van der Waals surface area contributed by atoms with Gasteiger partial charge in [-0.1, -0.05) is 30.9 Å². The van der Waals surface area contributed by atoms with Gasteiger partial charge in [-0.25, -0.2) is 0 Å². The first-order valence-corrected chi connectivity index (χ1v) is 13.0. The minimum absolute atomic E-state index is 0.00857. The van der Waals surface area contributed by atoms with E-state index in [1.54, 1.807) is 15.9 Å². The summed E-state index contributed by atoms with van der Waals surface area (Å²) in [7, 11) is 0. The molecule has 3 saturated heterocycles. The zero-order valence-corrected chi connectivity index (χ0v) is 22.1. The molecule has 2 unspecified atom stereocenters. The maximum Gasteiger partial charge on any atom is 0.313 e. The van der Waals surface area contributed by atoms with Crippen LogP contribution in [-0.2, 0) is 23.9 Å². The molecular weight excluding hydrogens is 472 g/mol. The predicted octanol–water partition coefficient (Wildman–Crippen LogP) is 3.09. The summed E-state index contributed by atoms with van der Waals surface area (Å²) < 4.78 is 12.0. The number of nitrogens with zero attached hydrogens (tertiary/aromatic N) is 2. The molecule has 0 saturated carbocycles. The first-order chi connectivity index (χ1) is 17.6. The van der Waals surface area contributed by atoms with Crippen molar-refractivity contribution >= 4 is 23.5 Å². The van der Waals surface area contributed by atoms with Crippen molar-refractivity contribution in [1.29, 1.82) is 0 Å². The van der Waals surface area contributed by atoms with Crippen molar-refractivity contribution in [3.05, 3.63) is 54.6 Å². The quantitative estimate of drug-likeness (QED) is 0.279. The second-order valence-electron chi connectivity index (χ2n) is 10.6. The van der Waals surface area contributed by atoms with E-state index in [-0.39, 0.29) is 38.1 Å². The number of unbranched alkanes of at least 4 members (excludes halogenated alkanes) is 1. The lowest BCUT2D eigenvalue weighted by atomic mass is 9.66. The molecule has 0 aliphatic carbocycles. The number of rotatable bonds is 11. The number of aryl methyl sites for hydroxylation is 2. The summed E-state index contributed by atoms with van der Waals surface area (Å²) >= 11 is 0. The number of hydrogen-bond acceptors (Lipinski definition) is 6. The molecule has 200 valence electrons. The van der Waals surface area contributed by atoms with Crippen molar-refractivity contribution in [2.24, 2.45) is 11.8 Å². The zero-order valence-electron chi connectivity index (χ0n) is 22.1.